The number of benzene rings is 1. The quantitative estimate of drug-likeness (QED) is 0.809. The Kier molecular flexibility index (Phi) is 5.62. The molecule has 2 atom stereocenters. The van der Waals surface area contributed by atoms with Crippen LogP contribution in [0.2, 0.25) is 0 Å². The van der Waals surface area contributed by atoms with E-state index < -0.39 is 0 Å². The number of methoxy groups -OCH3 is 2. The summed E-state index contributed by atoms with van der Waals surface area (Å²) in [5, 5.41) is 0. The Morgan fingerprint density at radius 3 is 2.95 bits per heavy atom. The Balaban J connectivity index is 1.98. The molecule has 0 spiro atoms. The Morgan fingerprint density at radius 2 is 2.24 bits per heavy atom. The molecule has 2 rings (SSSR count). The Labute approximate surface area is 127 Å². The highest BCUT2D eigenvalue weighted by molar-refractivity contribution is 5.77. The molecule has 116 valence electrons. The van der Waals surface area contributed by atoms with E-state index in [1.54, 1.807) is 14.2 Å². The monoisotopic (exact) mass is 291 g/mol. The van der Waals surface area contributed by atoms with Crippen molar-refractivity contribution in [3.63, 3.8) is 0 Å². The molecule has 1 aromatic carbocycles. The zero-order valence-corrected chi connectivity index (χ0v) is 13.2. The predicted octanol–water partition coefficient (Wildman–Crippen LogP) is 2.83. The van der Waals surface area contributed by atoms with Gasteiger partial charge in [-0.05, 0) is 36.5 Å². The number of carbonyl (C=O) groups is 1. The fourth-order valence-electron chi connectivity index (χ4n) is 2.97. The van der Waals surface area contributed by atoms with E-state index in [9.17, 15) is 4.79 Å². The molecule has 1 amide bonds. The molecule has 21 heavy (non-hydrogen) atoms. The van der Waals surface area contributed by atoms with E-state index in [1.165, 1.54) is 0 Å². The SMILES string of the molecule is COC[C@H]1CCCN1C(=O)C[C@@H](C)c1cccc(OC)c1. The first-order valence-corrected chi connectivity index (χ1v) is 7.58. The van der Waals surface area contributed by atoms with Crippen molar-refractivity contribution in [2.45, 2.75) is 38.1 Å². The van der Waals surface area contributed by atoms with Gasteiger partial charge in [0.05, 0.1) is 19.8 Å². The van der Waals surface area contributed by atoms with Crippen molar-refractivity contribution in [1.82, 2.24) is 4.90 Å². The second-order valence-corrected chi connectivity index (χ2v) is 5.72. The summed E-state index contributed by atoms with van der Waals surface area (Å²) in [6.07, 6.45) is 2.66. The summed E-state index contributed by atoms with van der Waals surface area (Å²) in [5.74, 6) is 1.26. The van der Waals surface area contributed by atoms with Gasteiger partial charge in [0.25, 0.3) is 0 Å². The van der Waals surface area contributed by atoms with E-state index in [0.717, 1.165) is 30.7 Å². The number of hydrogen-bond donors (Lipinski definition) is 0. The van der Waals surface area contributed by atoms with Crippen molar-refractivity contribution in [2.24, 2.45) is 0 Å². The normalized spacial score (nSPS) is 19.6. The average molecular weight is 291 g/mol. The highest BCUT2D eigenvalue weighted by atomic mass is 16.5. The number of rotatable bonds is 6. The van der Waals surface area contributed by atoms with Gasteiger partial charge in [0.1, 0.15) is 5.75 Å². The third-order valence-corrected chi connectivity index (χ3v) is 4.20. The van der Waals surface area contributed by atoms with Crippen molar-refractivity contribution in [3.05, 3.63) is 29.8 Å². The number of ether oxygens (including phenoxy) is 2. The first-order chi connectivity index (χ1) is 10.2. The molecule has 1 aliphatic heterocycles. The van der Waals surface area contributed by atoms with Gasteiger partial charge in [-0.15, -0.1) is 0 Å². The van der Waals surface area contributed by atoms with Crippen LogP contribution < -0.4 is 4.74 Å². The van der Waals surface area contributed by atoms with Crippen LogP contribution in [0, 0.1) is 0 Å². The molecule has 1 fully saturated rings. The first-order valence-electron chi connectivity index (χ1n) is 7.58. The van der Waals surface area contributed by atoms with Crippen LogP contribution >= 0.6 is 0 Å². The topological polar surface area (TPSA) is 38.8 Å². The van der Waals surface area contributed by atoms with E-state index in [2.05, 4.69) is 13.0 Å². The van der Waals surface area contributed by atoms with Gasteiger partial charge in [0, 0.05) is 20.1 Å². The van der Waals surface area contributed by atoms with Gasteiger partial charge >= 0.3 is 0 Å². The van der Waals surface area contributed by atoms with Gasteiger partial charge in [-0.2, -0.15) is 0 Å². The smallest absolute Gasteiger partial charge is 0.223 e. The van der Waals surface area contributed by atoms with Gasteiger partial charge < -0.3 is 14.4 Å². The maximum atomic E-state index is 12.5. The number of carbonyl (C=O) groups excluding carboxylic acids is 1. The second-order valence-electron chi connectivity index (χ2n) is 5.72. The zero-order valence-electron chi connectivity index (χ0n) is 13.2. The second kappa shape index (κ2) is 7.46. The maximum Gasteiger partial charge on any atom is 0.223 e. The van der Waals surface area contributed by atoms with Crippen molar-refractivity contribution in [3.8, 4) is 5.75 Å². The van der Waals surface area contributed by atoms with Gasteiger partial charge in [0.2, 0.25) is 5.91 Å². The summed E-state index contributed by atoms with van der Waals surface area (Å²) >= 11 is 0. The lowest BCUT2D eigenvalue weighted by molar-refractivity contribution is -0.133. The number of likely N-dealkylation sites (tertiary alicyclic amines) is 1. The van der Waals surface area contributed by atoms with E-state index >= 15 is 0 Å². The van der Waals surface area contributed by atoms with E-state index in [4.69, 9.17) is 9.47 Å². The van der Waals surface area contributed by atoms with Gasteiger partial charge in [-0.1, -0.05) is 19.1 Å². The molecule has 0 saturated carbocycles. The molecule has 1 aliphatic rings. The minimum absolute atomic E-state index is 0.191. The van der Waals surface area contributed by atoms with Crippen LogP contribution in [-0.2, 0) is 9.53 Å². The minimum atomic E-state index is 0.191. The molecular formula is C17H25NO3. The highest BCUT2D eigenvalue weighted by Gasteiger charge is 2.29. The lowest BCUT2D eigenvalue weighted by Crippen LogP contribution is -2.38. The van der Waals surface area contributed by atoms with Gasteiger partial charge in [-0.25, -0.2) is 0 Å². The number of nitrogens with zero attached hydrogens (tertiary/aromatic N) is 1. The molecule has 0 N–H and O–H groups in total. The van der Waals surface area contributed by atoms with Crippen LogP contribution in [-0.4, -0.2) is 44.2 Å². The molecule has 0 aromatic heterocycles. The largest absolute Gasteiger partial charge is 0.497 e. The first kappa shape index (κ1) is 15.8. The van der Waals surface area contributed by atoms with Crippen molar-refractivity contribution >= 4 is 5.91 Å². The molecule has 1 aromatic rings. The molecule has 0 unspecified atom stereocenters. The summed E-state index contributed by atoms with van der Waals surface area (Å²) in [7, 11) is 3.36. The minimum Gasteiger partial charge on any atom is -0.497 e. The lowest BCUT2D eigenvalue weighted by Gasteiger charge is -2.25. The van der Waals surface area contributed by atoms with Gasteiger partial charge in [-0.3, -0.25) is 4.79 Å². The van der Waals surface area contributed by atoms with Crippen molar-refractivity contribution in [2.75, 3.05) is 27.4 Å². The molecule has 0 aliphatic carbocycles. The zero-order chi connectivity index (χ0) is 15.2. The molecule has 1 heterocycles. The van der Waals surface area contributed by atoms with E-state index in [-0.39, 0.29) is 17.9 Å². The molecule has 4 heteroatoms. The number of hydrogen-bond acceptors (Lipinski definition) is 3. The van der Waals surface area contributed by atoms with Crippen molar-refractivity contribution in [1.29, 1.82) is 0 Å². The van der Waals surface area contributed by atoms with Crippen LogP contribution in [0.1, 0.15) is 37.7 Å². The highest BCUT2D eigenvalue weighted by Crippen LogP contribution is 2.26. The lowest BCUT2D eigenvalue weighted by atomic mass is 9.97. The molecular weight excluding hydrogens is 266 g/mol. The maximum absolute atomic E-state index is 12.5. The van der Waals surface area contributed by atoms with Crippen LogP contribution in [0.4, 0.5) is 0 Å². The van der Waals surface area contributed by atoms with Crippen LogP contribution in [0.25, 0.3) is 0 Å². The fraction of sp³-hybridized carbons (Fsp3) is 0.588. The summed E-state index contributed by atoms with van der Waals surface area (Å²) in [4.78, 5) is 14.5. The van der Waals surface area contributed by atoms with Gasteiger partial charge in [0.15, 0.2) is 0 Å². The predicted molar refractivity (Wildman–Crippen MR) is 82.6 cm³/mol. The van der Waals surface area contributed by atoms with Crippen LogP contribution in [0.3, 0.4) is 0 Å². The molecule has 0 bridgehead atoms. The van der Waals surface area contributed by atoms with Crippen LogP contribution in [0.5, 0.6) is 5.75 Å². The Bertz CT molecular complexity index is 475. The number of amides is 1. The van der Waals surface area contributed by atoms with E-state index in [1.807, 2.05) is 23.1 Å². The summed E-state index contributed by atoms with van der Waals surface area (Å²) in [6.45, 7) is 3.59. The van der Waals surface area contributed by atoms with Crippen LogP contribution in [0.15, 0.2) is 24.3 Å². The fourth-order valence-corrected chi connectivity index (χ4v) is 2.97. The van der Waals surface area contributed by atoms with E-state index in [0.29, 0.717) is 13.0 Å². The molecule has 1 saturated heterocycles. The summed E-state index contributed by atoms with van der Waals surface area (Å²) < 4.78 is 10.5. The molecule has 0 radical (unpaired) electrons. The average Bonchev–Trinajstić information content (AvgIpc) is 2.96. The third kappa shape index (κ3) is 3.97. The van der Waals surface area contributed by atoms with Crippen molar-refractivity contribution < 1.29 is 14.3 Å². The standard InChI is InChI=1S/C17H25NO3/c1-13(14-6-4-8-16(11-14)21-3)10-17(19)18-9-5-7-15(18)12-20-2/h4,6,8,11,13,15H,5,7,9-10,12H2,1-3H3/t13-,15-/m1/s1. The third-order valence-electron chi connectivity index (χ3n) is 4.20. The Hall–Kier alpha value is -1.55. The molecule has 4 nitrogen and oxygen atoms in total. The summed E-state index contributed by atoms with van der Waals surface area (Å²) in [5.41, 5.74) is 1.14. The summed E-state index contributed by atoms with van der Waals surface area (Å²) in [6, 6.07) is 8.21. The Morgan fingerprint density at radius 1 is 1.43 bits per heavy atom.